The molecule has 2 aromatic carbocycles. The summed E-state index contributed by atoms with van der Waals surface area (Å²) in [6, 6.07) is 15.1. The number of ketones is 2. The predicted octanol–water partition coefficient (Wildman–Crippen LogP) is 7.74. The highest BCUT2D eigenvalue weighted by molar-refractivity contribution is 5.96. The maximum Gasteiger partial charge on any atom is 0.336 e. The van der Waals surface area contributed by atoms with Gasteiger partial charge in [0.2, 0.25) is 0 Å². The van der Waals surface area contributed by atoms with Gasteiger partial charge in [-0.25, -0.2) is 9.78 Å². The molecule has 1 N–H and O–H groups in total. The Morgan fingerprint density at radius 1 is 0.756 bits per heavy atom. The Morgan fingerprint density at radius 2 is 1.38 bits per heavy atom. The number of carbonyl (C=O) groups excluding carboxylic acids is 2. The lowest BCUT2D eigenvalue weighted by molar-refractivity contribution is -0.122. The van der Waals surface area contributed by atoms with Crippen molar-refractivity contribution in [1.29, 1.82) is 0 Å². The van der Waals surface area contributed by atoms with Crippen LogP contribution in [0.1, 0.15) is 134 Å². The first-order valence-corrected chi connectivity index (χ1v) is 16.7. The van der Waals surface area contributed by atoms with Gasteiger partial charge in [0.25, 0.3) is 0 Å². The lowest BCUT2D eigenvalue weighted by atomic mass is 9.83. The molecule has 7 rings (SSSR count). The molecule has 3 saturated carbocycles. The molecule has 8 heteroatoms. The number of hydrogen-bond donors (Lipinski definition) is 1. The monoisotopic (exact) mass is 604 g/mol. The lowest BCUT2D eigenvalue weighted by Crippen LogP contribution is -2.23. The van der Waals surface area contributed by atoms with Gasteiger partial charge in [0.05, 0.1) is 28.6 Å². The molecule has 45 heavy (non-hydrogen) atoms. The summed E-state index contributed by atoms with van der Waals surface area (Å²) in [5, 5.41) is 19.2. The second-order valence-electron chi connectivity index (χ2n) is 13.1. The Morgan fingerprint density at radius 3 is 2.04 bits per heavy atom. The molecule has 0 bridgehead atoms. The van der Waals surface area contributed by atoms with E-state index in [1.807, 2.05) is 24.3 Å². The first-order chi connectivity index (χ1) is 22.0. The standard InChI is InChI=1S/C37H40N4O4/c42-30-16-8-6-14-28(30)32-34-35(33(40-39-32)29-15-7-9-17-31(29)43)41(36(38-34)25-10-2-1-3-11-25)22-23-18-20-24(21-19-23)26-12-4-5-13-27(26)37(44)45/h4-5,12-13,18-21,25,28-29H,1-3,6-11,14-17,22H2,(H,44,45). The number of carbonyl (C=O) groups is 3. The molecular formula is C37H40N4O4. The van der Waals surface area contributed by atoms with E-state index in [2.05, 4.69) is 16.7 Å². The predicted molar refractivity (Wildman–Crippen MR) is 172 cm³/mol. The summed E-state index contributed by atoms with van der Waals surface area (Å²) in [7, 11) is 0. The van der Waals surface area contributed by atoms with Crippen LogP contribution >= 0.6 is 0 Å². The summed E-state index contributed by atoms with van der Waals surface area (Å²) in [5.74, 6) is 0.160. The molecule has 2 unspecified atom stereocenters. The number of aromatic carboxylic acids is 1. The average Bonchev–Trinajstić information content (AvgIpc) is 3.45. The van der Waals surface area contributed by atoms with Crippen molar-refractivity contribution in [2.75, 3.05) is 0 Å². The molecule has 2 heterocycles. The summed E-state index contributed by atoms with van der Waals surface area (Å²) in [4.78, 5) is 43.7. The largest absolute Gasteiger partial charge is 0.478 e. The highest BCUT2D eigenvalue weighted by Gasteiger charge is 2.35. The molecular weight excluding hydrogens is 564 g/mol. The van der Waals surface area contributed by atoms with Crippen molar-refractivity contribution in [3.05, 3.63) is 76.9 Å². The van der Waals surface area contributed by atoms with Gasteiger partial charge < -0.3 is 9.67 Å². The van der Waals surface area contributed by atoms with E-state index in [4.69, 9.17) is 15.2 Å². The van der Waals surface area contributed by atoms with E-state index in [-0.39, 0.29) is 34.9 Å². The summed E-state index contributed by atoms with van der Waals surface area (Å²) in [6.45, 7) is 0.543. The van der Waals surface area contributed by atoms with E-state index in [0.717, 1.165) is 92.2 Å². The zero-order chi connectivity index (χ0) is 30.9. The maximum atomic E-state index is 13.3. The Labute approximate surface area is 263 Å². The Bertz CT molecular complexity index is 1750. The summed E-state index contributed by atoms with van der Waals surface area (Å²) in [5.41, 5.74) is 5.87. The van der Waals surface area contributed by atoms with Crippen LogP contribution in [0.5, 0.6) is 0 Å². The van der Waals surface area contributed by atoms with Crippen LogP contribution in [0.4, 0.5) is 0 Å². The number of carboxylic acids is 1. The number of benzene rings is 2. The number of fused-ring (bicyclic) bond motifs is 1. The van der Waals surface area contributed by atoms with Crippen molar-refractivity contribution in [1.82, 2.24) is 19.7 Å². The molecule has 8 nitrogen and oxygen atoms in total. The first-order valence-electron chi connectivity index (χ1n) is 16.7. The molecule has 2 atom stereocenters. The molecule has 0 saturated heterocycles. The number of hydrogen-bond acceptors (Lipinski definition) is 6. The fraction of sp³-hybridized carbons (Fsp3) is 0.459. The minimum absolute atomic E-state index is 0.212. The van der Waals surface area contributed by atoms with Crippen molar-refractivity contribution in [3.63, 3.8) is 0 Å². The zero-order valence-corrected chi connectivity index (χ0v) is 25.7. The van der Waals surface area contributed by atoms with Crippen molar-refractivity contribution < 1.29 is 19.5 Å². The highest BCUT2D eigenvalue weighted by atomic mass is 16.4. The summed E-state index contributed by atoms with van der Waals surface area (Å²) >= 11 is 0. The van der Waals surface area contributed by atoms with Gasteiger partial charge >= 0.3 is 5.97 Å². The quantitative estimate of drug-likeness (QED) is 0.229. The zero-order valence-electron chi connectivity index (χ0n) is 25.7. The van der Waals surface area contributed by atoms with Crippen LogP contribution in [0.25, 0.3) is 22.2 Å². The first kappa shape index (κ1) is 29.5. The average molecular weight is 605 g/mol. The summed E-state index contributed by atoms with van der Waals surface area (Å²) < 4.78 is 2.29. The van der Waals surface area contributed by atoms with Crippen molar-refractivity contribution in [2.24, 2.45) is 0 Å². The minimum Gasteiger partial charge on any atom is -0.478 e. The second-order valence-corrected chi connectivity index (χ2v) is 13.1. The molecule has 232 valence electrons. The van der Waals surface area contributed by atoms with Crippen LogP contribution in [-0.4, -0.2) is 42.4 Å². The van der Waals surface area contributed by atoms with Crippen LogP contribution in [0, 0.1) is 0 Å². The van der Waals surface area contributed by atoms with Gasteiger partial charge in [-0.1, -0.05) is 74.6 Å². The highest BCUT2D eigenvalue weighted by Crippen LogP contribution is 2.41. The van der Waals surface area contributed by atoms with Crippen LogP contribution in [-0.2, 0) is 16.1 Å². The van der Waals surface area contributed by atoms with E-state index in [1.165, 1.54) is 6.42 Å². The molecule has 0 spiro atoms. The molecule has 2 aromatic heterocycles. The smallest absolute Gasteiger partial charge is 0.336 e. The number of aromatic nitrogens is 4. The van der Waals surface area contributed by atoms with E-state index in [0.29, 0.717) is 36.3 Å². The van der Waals surface area contributed by atoms with Gasteiger partial charge in [-0.05, 0) is 61.3 Å². The fourth-order valence-corrected chi connectivity index (χ4v) is 7.85. The van der Waals surface area contributed by atoms with Crippen LogP contribution < -0.4 is 0 Å². The van der Waals surface area contributed by atoms with Gasteiger partial charge in [-0.2, -0.15) is 10.2 Å². The Kier molecular flexibility index (Phi) is 8.30. The normalized spacial score (nSPS) is 21.3. The topological polar surface area (TPSA) is 115 Å². The molecule has 4 aromatic rings. The van der Waals surface area contributed by atoms with Gasteiger partial charge in [0.1, 0.15) is 28.6 Å². The SMILES string of the molecule is O=C(O)c1ccccc1-c1ccc(Cn2c(C3CCCCC3)nc3c(C4CCCCC4=O)nnc(C4CCCCC4=O)c32)cc1. The number of rotatable bonds is 7. The Balaban J connectivity index is 1.37. The van der Waals surface area contributed by atoms with Crippen LogP contribution in [0.15, 0.2) is 48.5 Å². The minimum atomic E-state index is -0.949. The van der Waals surface area contributed by atoms with Crippen molar-refractivity contribution >= 4 is 28.6 Å². The van der Waals surface area contributed by atoms with Crippen molar-refractivity contribution in [2.45, 2.75) is 108 Å². The number of Topliss-reactive ketones (excluding diaryl/α,β-unsaturated/α-hetero) is 2. The van der Waals surface area contributed by atoms with E-state index < -0.39 is 5.97 Å². The lowest BCUT2D eigenvalue weighted by Gasteiger charge is -2.24. The van der Waals surface area contributed by atoms with E-state index in [9.17, 15) is 19.5 Å². The van der Waals surface area contributed by atoms with E-state index in [1.54, 1.807) is 12.1 Å². The van der Waals surface area contributed by atoms with Crippen LogP contribution in [0.3, 0.4) is 0 Å². The fourth-order valence-electron chi connectivity index (χ4n) is 7.85. The third-order valence-electron chi connectivity index (χ3n) is 10.3. The van der Waals surface area contributed by atoms with Crippen LogP contribution in [0.2, 0.25) is 0 Å². The number of nitrogens with zero attached hydrogens (tertiary/aromatic N) is 4. The molecule has 0 amide bonds. The molecule has 0 aliphatic heterocycles. The third-order valence-corrected chi connectivity index (χ3v) is 10.3. The van der Waals surface area contributed by atoms with Gasteiger partial charge in [-0.3, -0.25) is 9.59 Å². The maximum absolute atomic E-state index is 13.3. The number of imidazole rings is 1. The summed E-state index contributed by atoms with van der Waals surface area (Å²) in [6.07, 6.45) is 12.1. The van der Waals surface area contributed by atoms with Gasteiger partial charge in [0.15, 0.2) is 0 Å². The van der Waals surface area contributed by atoms with E-state index >= 15 is 0 Å². The van der Waals surface area contributed by atoms with Crippen molar-refractivity contribution in [3.8, 4) is 11.1 Å². The Hall–Kier alpha value is -4.20. The molecule has 3 fully saturated rings. The van der Waals surface area contributed by atoms with Gasteiger partial charge in [-0.15, -0.1) is 0 Å². The molecule has 3 aliphatic rings. The number of carboxylic acid groups (broad SMARTS) is 1. The third kappa shape index (κ3) is 5.71. The molecule has 0 radical (unpaired) electrons. The second kappa shape index (κ2) is 12.7. The van der Waals surface area contributed by atoms with Gasteiger partial charge in [0, 0.05) is 25.3 Å². The molecule has 3 aliphatic carbocycles.